The van der Waals surface area contributed by atoms with Gasteiger partial charge in [0, 0.05) is 21.7 Å². The Morgan fingerprint density at radius 3 is 1.33 bits per heavy atom. The molecule has 0 saturated carbocycles. The van der Waals surface area contributed by atoms with Crippen LogP contribution in [0, 0.1) is 0 Å². The molecule has 2 nitrogen and oxygen atoms in total. The fourth-order valence-corrected chi connectivity index (χ4v) is 0. The molecule has 0 fully saturated rings. The molecular formula is AgBrO2Ti2. The van der Waals surface area contributed by atoms with Crippen LogP contribution in [0.1, 0.15) is 0 Å². The van der Waals surface area contributed by atoms with Crippen molar-refractivity contribution in [3.63, 3.8) is 0 Å². The van der Waals surface area contributed by atoms with E-state index >= 15 is 0 Å². The van der Waals surface area contributed by atoms with E-state index in [4.69, 9.17) is 6.65 Å². The summed E-state index contributed by atoms with van der Waals surface area (Å²) in [5.74, 6) is 0. The first-order valence-electron chi connectivity index (χ1n) is 0.522. The topological polar surface area (TPSA) is 34.1 Å². The van der Waals surface area contributed by atoms with Gasteiger partial charge in [-0.05, 0) is 0 Å². The summed E-state index contributed by atoms with van der Waals surface area (Å²) in [6.45, 7) is 0. The van der Waals surface area contributed by atoms with Crippen LogP contribution in [0.3, 0.4) is 0 Å². The Morgan fingerprint density at radius 1 is 1.33 bits per heavy atom. The van der Waals surface area contributed by atoms with E-state index in [-0.39, 0.29) is 21.7 Å². The molecular weight excluding hydrogens is 316 g/mol. The van der Waals surface area contributed by atoms with Gasteiger partial charge in [0.1, 0.15) is 0 Å². The molecule has 0 aliphatic rings. The maximum atomic E-state index is 8.50. The zero-order chi connectivity index (χ0) is 4.71. The van der Waals surface area contributed by atoms with Crippen molar-refractivity contribution >= 4 is 13.0 Å². The van der Waals surface area contributed by atoms with Crippen LogP contribution in [0.2, 0.25) is 0 Å². The molecule has 0 rings (SSSR count). The summed E-state index contributed by atoms with van der Waals surface area (Å²) in [6, 6.07) is 0. The number of hydrogen-bond donors (Lipinski definition) is 0. The van der Waals surface area contributed by atoms with Crippen LogP contribution in [0.5, 0.6) is 0 Å². The number of rotatable bonds is 0. The van der Waals surface area contributed by atoms with E-state index in [1.807, 2.05) is 0 Å². The van der Waals surface area contributed by atoms with Crippen LogP contribution < -0.4 is 0 Å². The van der Waals surface area contributed by atoms with Crippen LogP contribution in [0.4, 0.5) is 0 Å². The van der Waals surface area contributed by atoms with E-state index in [9.17, 15) is 0 Å². The number of hydrogen-bond acceptors (Lipinski definition) is 2. The normalized spacial score (nSPS) is 2.50. The zero-order valence-electron chi connectivity index (χ0n) is 2.50. The second kappa shape index (κ2) is 26.8. The molecule has 0 aliphatic carbocycles. The van der Waals surface area contributed by atoms with Crippen LogP contribution in [-0.4, -0.2) is 0 Å². The third-order valence-corrected chi connectivity index (χ3v) is 0. The number of halogens is 1. The van der Waals surface area contributed by atoms with Gasteiger partial charge < -0.3 is 0 Å². The van der Waals surface area contributed by atoms with Crippen LogP contribution in [0.15, 0.2) is 0 Å². The van der Waals surface area contributed by atoms with Crippen LogP contribution >= 0.6 is 13.0 Å². The summed E-state index contributed by atoms with van der Waals surface area (Å²) in [7, 11) is 0. The molecule has 0 unspecified atom stereocenters. The molecule has 0 heterocycles. The average molecular weight is 316 g/mol. The van der Waals surface area contributed by atoms with Crippen molar-refractivity contribution in [2.24, 2.45) is 0 Å². The Kier molecular flexibility index (Phi) is 70.3. The first-order chi connectivity index (χ1) is 2.41. The van der Waals surface area contributed by atoms with Crippen molar-refractivity contribution in [3.05, 3.63) is 0 Å². The minimum Gasteiger partial charge on any atom is 0 e. The van der Waals surface area contributed by atoms with E-state index in [1.165, 1.54) is 0 Å². The van der Waals surface area contributed by atoms with Crippen molar-refractivity contribution in [2.75, 3.05) is 0 Å². The molecule has 0 N–H and O–H groups in total. The molecule has 38 valence electrons. The van der Waals surface area contributed by atoms with Crippen molar-refractivity contribution < 1.29 is 66.4 Å². The molecule has 0 aromatic rings. The molecule has 0 spiro atoms. The molecule has 0 atom stereocenters. The van der Waals surface area contributed by atoms with Crippen molar-refractivity contribution in [1.82, 2.24) is 0 Å². The molecule has 0 amide bonds. The fraction of sp³-hybridized carbons (Fsp3) is 0. The van der Waals surface area contributed by atoms with Crippen LogP contribution in [0.25, 0.3) is 0 Å². The molecule has 6 heteroatoms. The molecule has 0 radical (unpaired) electrons. The summed E-state index contributed by atoms with van der Waals surface area (Å²) in [5.41, 5.74) is 0. The predicted molar refractivity (Wildman–Crippen MR) is 10.3 cm³/mol. The summed E-state index contributed by atoms with van der Waals surface area (Å²) >= 11 is 3.51. The monoisotopic (exact) mass is 314 g/mol. The quantitative estimate of drug-likeness (QED) is 0.614. The second-order valence-corrected chi connectivity index (χ2v) is 0.344. The van der Waals surface area contributed by atoms with E-state index in [1.54, 1.807) is 0 Å². The van der Waals surface area contributed by atoms with Gasteiger partial charge in [0.25, 0.3) is 0 Å². The van der Waals surface area contributed by atoms with Gasteiger partial charge in [0.05, 0.1) is 0 Å². The maximum Gasteiger partial charge on any atom is 0 e. The Morgan fingerprint density at radius 2 is 1.33 bits per heavy atom. The largest absolute Gasteiger partial charge is 0 e. The van der Waals surface area contributed by atoms with E-state index in [2.05, 4.69) is 32.0 Å². The van der Waals surface area contributed by atoms with Gasteiger partial charge >= 0.3 is 57.7 Å². The van der Waals surface area contributed by atoms with Crippen molar-refractivity contribution in [3.8, 4) is 0 Å². The van der Waals surface area contributed by atoms with E-state index in [0.717, 1.165) is 0 Å². The predicted octanol–water partition coefficient (Wildman–Crippen LogP) is 0.601. The van der Waals surface area contributed by atoms with Gasteiger partial charge in [0.15, 0.2) is 0 Å². The molecule has 0 aromatic carbocycles. The maximum absolute atomic E-state index is 8.50. The first-order valence-corrected chi connectivity index (χ1v) is 5.19. The Labute approximate surface area is 78.2 Å². The van der Waals surface area contributed by atoms with Crippen LogP contribution in [-0.2, 0) is 66.4 Å². The van der Waals surface area contributed by atoms with Gasteiger partial charge in [-0.1, -0.05) is 0 Å². The van der Waals surface area contributed by atoms with Gasteiger partial charge in [-0.3, -0.25) is 0 Å². The Bertz CT molecular complexity index is 32.5. The summed E-state index contributed by atoms with van der Waals surface area (Å²) in [5, 5.41) is 0. The zero-order valence-corrected chi connectivity index (χ0v) is 8.69. The molecule has 0 bridgehead atoms. The minimum atomic E-state index is -2.00. The SMILES string of the molecule is [Br][Ag].[O]=[Ti]=[O].[Ti]. The molecule has 0 aliphatic heterocycles. The smallest absolute Gasteiger partial charge is 0 e. The third-order valence-electron chi connectivity index (χ3n) is 0. The van der Waals surface area contributed by atoms with Crippen molar-refractivity contribution in [1.29, 1.82) is 0 Å². The molecule has 6 heavy (non-hydrogen) atoms. The summed E-state index contributed by atoms with van der Waals surface area (Å²) in [4.78, 5) is 0. The Hall–Kier alpha value is 2.25. The van der Waals surface area contributed by atoms with Gasteiger partial charge in [-0.15, -0.1) is 0 Å². The Balaban J connectivity index is -0.0000000275. The standard InChI is InChI=1S/Ag.BrH.2O.2Ti/h;1H;;;;/q+1;;;;;/p-1. The van der Waals surface area contributed by atoms with E-state index in [0.29, 0.717) is 0 Å². The summed E-state index contributed by atoms with van der Waals surface area (Å²) in [6.07, 6.45) is 0. The molecule has 0 saturated heterocycles. The summed E-state index contributed by atoms with van der Waals surface area (Å²) < 4.78 is 17.0. The fourth-order valence-electron chi connectivity index (χ4n) is 0. The minimum absolute atomic E-state index is 0. The van der Waals surface area contributed by atoms with E-state index < -0.39 is 19.1 Å². The van der Waals surface area contributed by atoms with Gasteiger partial charge in [-0.2, -0.15) is 0 Å². The molecule has 0 aromatic heterocycles. The first kappa shape index (κ1) is 15.7. The second-order valence-electron chi connectivity index (χ2n) is 0.0833. The third kappa shape index (κ3) is 34.0. The average Bonchev–Trinajstić information content (AvgIpc) is 1.46. The van der Waals surface area contributed by atoms with Gasteiger partial charge in [-0.25, -0.2) is 0 Å². The van der Waals surface area contributed by atoms with Gasteiger partial charge in [0.2, 0.25) is 0 Å². The van der Waals surface area contributed by atoms with Crippen molar-refractivity contribution in [2.45, 2.75) is 0 Å².